The molecule has 0 saturated carbocycles. The molecule has 0 aromatic carbocycles. The number of rotatable bonds is 1. The molecule has 5 heteroatoms. The maximum Gasteiger partial charge on any atom is 0.276 e. The molecule has 0 spiro atoms. The predicted octanol–water partition coefficient (Wildman–Crippen LogP) is 1.09. The van der Waals surface area contributed by atoms with Crippen LogP contribution in [0.4, 0.5) is 0 Å². The van der Waals surface area contributed by atoms with E-state index in [1.54, 1.807) is 42.4 Å². The van der Waals surface area contributed by atoms with E-state index in [-0.39, 0.29) is 5.56 Å². The Balaban J connectivity index is 2.28. The monoisotopic (exact) mass is 226 g/mol. The van der Waals surface area contributed by atoms with Crippen LogP contribution in [0, 0.1) is 0 Å². The Morgan fingerprint density at radius 2 is 2.18 bits per heavy atom. The van der Waals surface area contributed by atoms with Gasteiger partial charge in [0, 0.05) is 37.4 Å². The van der Waals surface area contributed by atoms with Crippen LogP contribution >= 0.6 is 0 Å². The Labute approximate surface area is 97.0 Å². The highest BCUT2D eigenvalue weighted by atomic mass is 16.1. The van der Waals surface area contributed by atoms with Gasteiger partial charge in [-0.15, -0.1) is 0 Å². The lowest BCUT2D eigenvalue weighted by atomic mass is 10.2. The van der Waals surface area contributed by atoms with E-state index in [1.165, 1.54) is 4.57 Å². The maximum atomic E-state index is 11.9. The molecule has 5 nitrogen and oxygen atoms in total. The van der Waals surface area contributed by atoms with Crippen LogP contribution in [0.1, 0.15) is 0 Å². The first-order valence-corrected chi connectivity index (χ1v) is 5.21. The van der Waals surface area contributed by atoms with Crippen LogP contribution in [0.15, 0.2) is 47.8 Å². The zero-order chi connectivity index (χ0) is 11.8. The minimum Gasteiger partial charge on any atom is -0.315 e. The molecule has 0 unspecified atom stereocenters. The van der Waals surface area contributed by atoms with Crippen LogP contribution in [0.25, 0.3) is 16.8 Å². The van der Waals surface area contributed by atoms with Crippen LogP contribution < -0.4 is 5.56 Å². The molecule has 0 fully saturated rings. The molecular weight excluding hydrogens is 216 g/mol. The van der Waals surface area contributed by atoms with E-state index in [0.29, 0.717) is 5.52 Å². The van der Waals surface area contributed by atoms with E-state index in [4.69, 9.17) is 0 Å². The number of aromatic nitrogens is 4. The topological polar surface area (TPSA) is 52.2 Å². The van der Waals surface area contributed by atoms with Gasteiger partial charge in [0.2, 0.25) is 0 Å². The van der Waals surface area contributed by atoms with Gasteiger partial charge in [0.15, 0.2) is 0 Å². The van der Waals surface area contributed by atoms with Crippen LogP contribution in [0.3, 0.4) is 0 Å². The Morgan fingerprint density at radius 3 is 2.94 bits per heavy atom. The van der Waals surface area contributed by atoms with Crippen LogP contribution in [0.5, 0.6) is 0 Å². The molecule has 3 aromatic rings. The second-order valence-electron chi connectivity index (χ2n) is 3.82. The summed E-state index contributed by atoms with van der Waals surface area (Å²) >= 11 is 0. The van der Waals surface area contributed by atoms with Crippen molar-refractivity contribution in [3.8, 4) is 11.3 Å². The minimum absolute atomic E-state index is 0.0601. The average molecular weight is 226 g/mol. The highest BCUT2D eigenvalue weighted by molar-refractivity contribution is 5.64. The average Bonchev–Trinajstić information content (AvgIpc) is 2.80. The molecule has 17 heavy (non-hydrogen) atoms. The van der Waals surface area contributed by atoms with Crippen LogP contribution in [-0.4, -0.2) is 19.2 Å². The summed E-state index contributed by atoms with van der Waals surface area (Å²) in [5.74, 6) is 0. The lowest BCUT2D eigenvalue weighted by molar-refractivity contribution is 0.821. The normalized spacial score (nSPS) is 10.9. The molecule has 0 aliphatic rings. The molecular formula is C12H10N4O. The van der Waals surface area contributed by atoms with Crippen LogP contribution in [-0.2, 0) is 7.05 Å². The van der Waals surface area contributed by atoms with Gasteiger partial charge < -0.3 is 4.57 Å². The third-order valence-corrected chi connectivity index (χ3v) is 2.66. The van der Waals surface area contributed by atoms with Crippen molar-refractivity contribution in [1.29, 1.82) is 0 Å². The summed E-state index contributed by atoms with van der Waals surface area (Å²) in [6.45, 7) is 0. The van der Waals surface area contributed by atoms with Gasteiger partial charge in [-0.25, -0.2) is 4.52 Å². The van der Waals surface area contributed by atoms with E-state index in [9.17, 15) is 4.79 Å². The predicted molar refractivity (Wildman–Crippen MR) is 63.7 cm³/mol. The lowest BCUT2D eigenvalue weighted by Gasteiger charge is -1.95. The Hall–Kier alpha value is -2.43. The van der Waals surface area contributed by atoms with E-state index < -0.39 is 0 Å². The van der Waals surface area contributed by atoms with Crippen molar-refractivity contribution in [2.24, 2.45) is 7.05 Å². The van der Waals surface area contributed by atoms with Gasteiger partial charge in [-0.2, -0.15) is 5.10 Å². The summed E-state index contributed by atoms with van der Waals surface area (Å²) in [6.07, 6.45) is 6.89. The number of aryl methyl sites for hydroxylation is 1. The third kappa shape index (κ3) is 1.52. The fraction of sp³-hybridized carbons (Fsp3) is 0.0833. The van der Waals surface area contributed by atoms with E-state index in [1.807, 2.05) is 12.1 Å². The SMILES string of the molecule is Cn1ccn2nc(-c3cccnc3)cc2c1=O. The van der Waals surface area contributed by atoms with Crippen molar-refractivity contribution in [3.05, 3.63) is 53.3 Å². The fourth-order valence-corrected chi connectivity index (χ4v) is 1.73. The van der Waals surface area contributed by atoms with E-state index in [0.717, 1.165) is 11.3 Å². The van der Waals surface area contributed by atoms with Crippen molar-refractivity contribution in [2.45, 2.75) is 0 Å². The highest BCUT2D eigenvalue weighted by Crippen LogP contribution is 2.16. The Kier molecular flexibility index (Phi) is 2.04. The second-order valence-corrected chi connectivity index (χ2v) is 3.82. The van der Waals surface area contributed by atoms with Gasteiger partial charge in [0.25, 0.3) is 5.56 Å². The molecule has 0 bridgehead atoms. The summed E-state index contributed by atoms with van der Waals surface area (Å²) < 4.78 is 3.12. The number of hydrogen-bond donors (Lipinski definition) is 0. The van der Waals surface area contributed by atoms with E-state index in [2.05, 4.69) is 10.1 Å². The maximum absolute atomic E-state index is 11.9. The number of fused-ring (bicyclic) bond motifs is 1. The van der Waals surface area contributed by atoms with Gasteiger partial charge in [0.1, 0.15) is 5.52 Å². The first-order valence-electron chi connectivity index (χ1n) is 5.21. The fourth-order valence-electron chi connectivity index (χ4n) is 1.73. The van der Waals surface area contributed by atoms with E-state index >= 15 is 0 Å². The van der Waals surface area contributed by atoms with Crippen molar-refractivity contribution >= 4 is 5.52 Å². The summed E-state index contributed by atoms with van der Waals surface area (Å²) in [5, 5.41) is 4.35. The minimum atomic E-state index is -0.0601. The molecule has 84 valence electrons. The molecule has 0 amide bonds. The molecule has 0 aliphatic heterocycles. The van der Waals surface area contributed by atoms with Crippen molar-refractivity contribution in [2.75, 3.05) is 0 Å². The van der Waals surface area contributed by atoms with Crippen molar-refractivity contribution in [1.82, 2.24) is 19.2 Å². The molecule has 3 rings (SSSR count). The smallest absolute Gasteiger partial charge is 0.276 e. The molecule has 0 aliphatic carbocycles. The first-order chi connectivity index (χ1) is 8.25. The van der Waals surface area contributed by atoms with Gasteiger partial charge in [-0.05, 0) is 18.2 Å². The molecule has 0 radical (unpaired) electrons. The highest BCUT2D eigenvalue weighted by Gasteiger charge is 2.07. The first kappa shape index (κ1) is 9.77. The standard InChI is InChI=1S/C12H10N4O/c1-15-5-6-16-11(12(15)17)7-10(14-16)9-3-2-4-13-8-9/h2-8H,1H3. The summed E-state index contributed by atoms with van der Waals surface area (Å²) in [5.41, 5.74) is 2.16. The number of hydrogen-bond acceptors (Lipinski definition) is 3. The van der Waals surface area contributed by atoms with Gasteiger partial charge in [-0.1, -0.05) is 0 Å². The molecule has 3 aromatic heterocycles. The largest absolute Gasteiger partial charge is 0.315 e. The van der Waals surface area contributed by atoms with Gasteiger partial charge in [0.05, 0.1) is 5.69 Å². The molecule has 0 saturated heterocycles. The van der Waals surface area contributed by atoms with Gasteiger partial charge >= 0.3 is 0 Å². The number of nitrogens with zero attached hydrogens (tertiary/aromatic N) is 4. The lowest BCUT2D eigenvalue weighted by Crippen LogP contribution is -2.17. The zero-order valence-electron chi connectivity index (χ0n) is 9.24. The van der Waals surface area contributed by atoms with Crippen LogP contribution in [0.2, 0.25) is 0 Å². The van der Waals surface area contributed by atoms with Gasteiger partial charge in [-0.3, -0.25) is 9.78 Å². The molecule has 0 N–H and O–H groups in total. The van der Waals surface area contributed by atoms with Crippen molar-refractivity contribution in [3.63, 3.8) is 0 Å². The quantitative estimate of drug-likeness (QED) is 0.624. The summed E-state index contributed by atoms with van der Waals surface area (Å²) in [6, 6.07) is 5.54. The van der Waals surface area contributed by atoms with Crippen molar-refractivity contribution < 1.29 is 0 Å². The Bertz CT molecular complexity index is 727. The molecule has 0 atom stereocenters. The summed E-state index contributed by atoms with van der Waals surface area (Å²) in [7, 11) is 1.72. The molecule has 3 heterocycles. The number of pyridine rings is 1. The second kappa shape index (κ2) is 3.55. The summed E-state index contributed by atoms with van der Waals surface area (Å²) in [4.78, 5) is 15.9. The Morgan fingerprint density at radius 1 is 1.29 bits per heavy atom. The zero-order valence-corrected chi connectivity index (χ0v) is 9.24. The third-order valence-electron chi connectivity index (χ3n) is 2.66.